The van der Waals surface area contributed by atoms with Gasteiger partial charge in [0, 0.05) is 11.6 Å². The maximum Gasteiger partial charge on any atom is 0.182 e. The molecule has 9 heavy (non-hydrogen) atoms. The first-order chi connectivity index (χ1) is 4.34. The lowest BCUT2D eigenvalue weighted by Crippen LogP contribution is -2.10. The van der Waals surface area contributed by atoms with Gasteiger partial charge in [-0.3, -0.25) is 5.41 Å². The molecule has 0 saturated heterocycles. The van der Waals surface area contributed by atoms with Gasteiger partial charge in [0.1, 0.15) is 0 Å². The van der Waals surface area contributed by atoms with E-state index in [1.54, 1.807) is 4.57 Å². The van der Waals surface area contributed by atoms with Crippen molar-refractivity contribution in [3.8, 4) is 12.3 Å². The van der Waals surface area contributed by atoms with E-state index in [9.17, 15) is 0 Å². The first-order valence-corrected chi connectivity index (χ1v) is 3.34. The van der Waals surface area contributed by atoms with Crippen LogP contribution in [-0.2, 0) is 6.54 Å². The molecule has 1 heterocycles. The van der Waals surface area contributed by atoms with Crippen molar-refractivity contribution in [2.45, 2.75) is 6.54 Å². The summed E-state index contributed by atoms with van der Waals surface area (Å²) in [7, 11) is 0. The van der Waals surface area contributed by atoms with E-state index in [0.29, 0.717) is 11.3 Å². The second-order valence-electron chi connectivity index (χ2n) is 1.54. The minimum absolute atomic E-state index is 0.502. The number of hydrogen-bond acceptors (Lipinski definition) is 2. The predicted molar refractivity (Wildman–Crippen MR) is 37.0 cm³/mol. The van der Waals surface area contributed by atoms with Crippen LogP contribution in [0.4, 0.5) is 0 Å². The van der Waals surface area contributed by atoms with Crippen LogP contribution in [0.15, 0.2) is 11.6 Å². The van der Waals surface area contributed by atoms with E-state index < -0.39 is 0 Å². The standard InChI is InChI=1S/C6H6N2S/c1-2-3-8-4-5-9-6(8)7/h1,4-5,7H,3H2. The molecule has 0 bridgehead atoms. The Morgan fingerprint density at radius 1 is 1.89 bits per heavy atom. The third-order valence-electron chi connectivity index (χ3n) is 0.943. The lowest BCUT2D eigenvalue weighted by molar-refractivity contribution is 0.796. The molecule has 0 radical (unpaired) electrons. The Morgan fingerprint density at radius 2 is 2.67 bits per heavy atom. The molecule has 1 rings (SSSR count). The van der Waals surface area contributed by atoms with Crippen molar-refractivity contribution in [1.29, 1.82) is 5.41 Å². The predicted octanol–water partition coefficient (Wildman–Crippen LogP) is 0.662. The van der Waals surface area contributed by atoms with Crippen molar-refractivity contribution < 1.29 is 0 Å². The van der Waals surface area contributed by atoms with Crippen LogP contribution in [0.5, 0.6) is 0 Å². The van der Waals surface area contributed by atoms with Crippen molar-refractivity contribution in [1.82, 2.24) is 4.57 Å². The Kier molecular flexibility index (Phi) is 1.71. The van der Waals surface area contributed by atoms with Crippen molar-refractivity contribution in [2.75, 3.05) is 0 Å². The molecule has 0 aromatic carbocycles. The third-order valence-corrected chi connectivity index (χ3v) is 1.66. The molecular weight excluding hydrogens is 132 g/mol. The van der Waals surface area contributed by atoms with Crippen molar-refractivity contribution in [3.63, 3.8) is 0 Å². The van der Waals surface area contributed by atoms with Gasteiger partial charge in [-0.2, -0.15) is 0 Å². The zero-order chi connectivity index (χ0) is 6.69. The summed E-state index contributed by atoms with van der Waals surface area (Å²) in [6.45, 7) is 0.502. The first-order valence-electron chi connectivity index (χ1n) is 2.46. The van der Waals surface area contributed by atoms with Gasteiger partial charge >= 0.3 is 0 Å². The molecule has 0 unspecified atom stereocenters. The minimum atomic E-state index is 0.502. The molecule has 0 aliphatic rings. The molecule has 0 fully saturated rings. The monoisotopic (exact) mass is 138 g/mol. The van der Waals surface area contributed by atoms with Gasteiger partial charge < -0.3 is 4.57 Å². The Bertz CT molecular complexity index is 276. The number of nitrogens with zero attached hydrogens (tertiary/aromatic N) is 1. The van der Waals surface area contributed by atoms with Gasteiger partial charge in [0.25, 0.3) is 0 Å². The molecule has 0 amide bonds. The summed E-state index contributed by atoms with van der Waals surface area (Å²) < 4.78 is 1.71. The van der Waals surface area contributed by atoms with E-state index in [0.717, 1.165) is 0 Å². The number of nitrogens with one attached hydrogen (secondary N) is 1. The highest BCUT2D eigenvalue weighted by molar-refractivity contribution is 7.06. The molecule has 1 N–H and O–H groups in total. The molecule has 3 heteroatoms. The fourth-order valence-corrected chi connectivity index (χ4v) is 1.12. The SMILES string of the molecule is C#CCn1ccsc1=N. The summed E-state index contributed by atoms with van der Waals surface area (Å²) in [5.41, 5.74) is 0. The molecule has 0 saturated carbocycles. The van der Waals surface area contributed by atoms with Crippen LogP contribution in [0.3, 0.4) is 0 Å². The van der Waals surface area contributed by atoms with Gasteiger partial charge in [-0.1, -0.05) is 5.92 Å². The van der Waals surface area contributed by atoms with Crippen LogP contribution < -0.4 is 4.80 Å². The van der Waals surface area contributed by atoms with Gasteiger partial charge in [0.15, 0.2) is 4.80 Å². The second kappa shape index (κ2) is 2.51. The smallest absolute Gasteiger partial charge is 0.182 e. The Labute approximate surface area is 57.3 Å². The van der Waals surface area contributed by atoms with Crippen LogP contribution in [0.2, 0.25) is 0 Å². The fraction of sp³-hybridized carbons (Fsp3) is 0.167. The summed E-state index contributed by atoms with van der Waals surface area (Å²) in [5.74, 6) is 2.46. The summed E-state index contributed by atoms with van der Waals surface area (Å²) in [5, 5.41) is 9.09. The minimum Gasteiger partial charge on any atom is -0.313 e. The summed E-state index contributed by atoms with van der Waals surface area (Å²) in [6, 6.07) is 0. The molecule has 0 spiro atoms. The van der Waals surface area contributed by atoms with E-state index >= 15 is 0 Å². The Morgan fingerprint density at radius 3 is 3.11 bits per heavy atom. The Balaban J connectivity index is 2.98. The van der Waals surface area contributed by atoms with Gasteiger partial charge in [0.2, 0.25) is 0 Å². The number of thiazole rings is 1. The van der Waals surface area contributed by atoms with Gasteiger partial charge in [-0.05, 0) is 0 Å². The third kappa shape index (κ3) is 1.21. The van der Waals surface area contributed by atoms with E-state index in [2.05, 4.69) is 5.92 Å². The zero-order valence-corrected chi connectivity index (χ0v) is 5.61. The normalized spacial score (nSPS) is 8.78. The van der Waals surface area contributed by atoms with Crippen molar-refractivity contribution >= 4 is 11.3 Å². The molecule has 46 valence electrons. The summed E-state index contributed by atoms with van der Waals surface area (Å²) in [4.78, 5) is 0.507. The summed E-state index contributed by atoms with van der Waals surface area (Å²) in [6.07, 6.45) is 6.85. The molecule has 2 nitrogen and oxygen atoms in total. The van der Waals surface area contributed by atoms with Crippen molar-refractivity contribution in [2.24, 2.45) is 0 Å². The number of rotatable bonds is 1. The highest BCUT2D eigenvalue weighted by Crippen LogP contribution is 1.86. The number of hydrogen-bond donors (Lipinski definition) is 1. The lowest BCUT2D eigenvalue weighted by atomic mass is 10.6. The molecule has 1 aromatic rings. The highest BCUT2D eigenvalue weighted by Gasteiger charge is 1.86. The highest BCUT2D eigenvalue weighted by atomic mass is 32.1. The fourth-order valence-electron chi connectivity index (χ4n) is 0.527. The topological polar surface area (TPSA) is 28.8 Å². The van der Waals surface area contributed by atoms with E-state index in [1.807, 2.05) is 11.6 Å². The quantitative estimate of drug-likeness (QED) is 0.552. The first kappa shape index (κ1) is 6.12. The molecule has 0 aliphatic heterocycles. The van der Waals surface area contributed by atoms with E-state index in [1.165, 1.54) is 11.3 Å². The van der Waals surface area contributed by atoms with Crippen LogP contribution in [-0.4, -0.2) is 4.57 Å². The molecule has 1 aromatic heterocycles. The zero-order valence-electron chi connectivity index (χ0n) is 4.79. The maximum atomic E-state index is 7.24. The lowest BCUT2D eigenvalue weighted by Gasteiger charge is -1.89. The Hall–Kier alpha value is -1.01. The van der Waals surface area contributed by atoms with Crippen molar-refractivity contribution in [3.05, 3.63) is 16.4 Å². The van der Waals surface area contributed by atoms with Crippen LogP contribution in [0.1, 0.15) is 0 Å². The van der Waals surface area contributed by atoms with Crippen LogP contribution >= 0.6 is 11.3 Å². The average molecular weight is 138 g/mol. The van der Waals surface area contributed by atoms with Gasteiger partial charge in [-0.15, -0.1) is 17.8 Å². The maximum absolute atomic E-state index is 7.24. The molecule has 0 aliphatic carbocycles. The summed E-state index contributed by atoms with van der Waals surface area (Å²) >= 11 is 1.38. The number of terminal acetylenes is 1. The van der Waals surface area contributed by atoms with Gasteiger partial charge in [-0.25, -0.2) is 0 Å². The molecular formula is C6H6N2S. The van der Waals surface area contributed by atoms with E-state index in [-0.39, 0.29) is 0 Å². The van der Waals surface area contributed by atoms with E-state index in [4.69, 9.17) is 11.8 Å². The molecule has 0 atom stereocenters. The van der Waals surface area contributed by atoms with Crippen LogP contribution in [0.25, 0.3) is 0 Å². The van der Waals surface area contributed by atoms with Gasteiger partial charge in [0.05, 0.1) is 6.54 Å². The largest absolute Gasteiger partial charge is 0.313 e. The van der Waals surface area contributed by atoms with Crippen LogP contribution in [0, 0.1) is 17.8 Å². The number of aromatic nitrogens is 1. The second-order valence-corrected chi connectivity index (χ2v) is 2.43. The average Bonchev–Trinajstić information content (AvgIpc) is 2.18.